The predicted molar refractivity (Wildman–Crippen MR) is 160 cm³/mol. The van der Waals surface area contributed by atoms with Crippen LogP contribution in [0, 0.1) is 13.8 Å². The van der Waals surface area contributed by atoms with Crippen molar-refractivity contribution >= 4 is 54.6 Å². The van der Waals surface area contributed by atoms with E-state index in [2.05, 4.69) is 10.0 Å². The molecule has 0 bridgehead atoms. The highest BCUT2D eigenvalue weighted by Gasteiger charge is 2.19. The molecule has 0 unspecified atom stereocenters. The summed E-state index contributed by atoms with van der Waals surface area (Å²) in [6.07, 6.45) is 1.15. The number of carbonyl (C=O) groups is 1. The number of sulfonamides is 2. The third-order valence-electron chi connectivity index (χ3n) is 6.17. The van der Waals surface area contributed by atoms with Crippen molar-refractivity contribution in [3.8, 4) is 0 Å². The van der Waals surface area contributed by atoms with Gasteiger partial charge in [-0.25, -0.2) is 16.8 Å². The van der Waals surface area contributed by atoms with Gasteiger partial charge in [0, 0.05) is 16.3 Å². The van der Waals surface area contributed by atoms with Gasteiger partial charge in [0.2, 0.25) is 10.0 Å². The molecule has 11 heteroatoms. The Balaban J connectivity index is 1.43. The van der Waals surface area contributed by atoms with Crippen molar-refractivity contribution in [3.05, 3.63) is 118 Å². The summed E-state index contributed by atoms with van der Waals surface area (Å²) in [7, 11) is -7.40. The molecule has 208 valence electrons. The molecule has 2 N–H and O–H groups in total. The van der Waals surface area contributed by atoms with Crippen molar-refractivity contribution in [1.82, 2.24) is 0 Å². The van der Waals surface area contributed by atoms with Gasteiger partial charge in [0.15, 0.2) is 0 Å². The zero-order valence-electron chi connectivity index (χ0n) is 22.1. The smallest absolute Gasteiger partial charge is 0.261 e. The molecular formula is C29H28ClN3O5S2. The third-order valence-corrected chi connectivity index (χ3v) is 9.10. The lowest BCUT2D eigenvalue weighted by Crippen LogP contribution is -2.29. The number of hydrogen-bond acceptors (Lipinski definition) is 5. The molecule has 0 atom stereocenters. The fourth-order valence-corrected chi connectivity index (χ4v) is 6.13. The lowest BCUT2D eigenvalue weighted by molar-refractivity contribution is 0.102. The third kappa shape index (κ3) is 7.01. The van der Waals surface area contributed by atoms with E-state index in [4.69, 9.17) is 11.6 Å². The van der Waals surface area contributed by atoms with Crippen LogP contribution in [0.1, 0.15) is 27.0 Å². The monoisotopic (exact) mass is 597 g/mol. The highest BCUT2D eigenvalue weighted by Crippen LogP contribution is 2.26. The molecule has 0 spiro atoms. The molecule has 0 saturated carbocycles. The number of aryl methyl sites for hydroxylation is 1. The van der Waals surface area contributed by atoms with E-state index < -0.39 is 26.0 Å². The largest absolute Gasteiger partial charge is 0.322 e. The second-order valence-corrected chi connectivity index (χ2v) is 13.3. The summed E-state index contributed by atoms with van der Waals surface area (Å²) in [6.45, 7) is 3.72. The van der Waals surface area contributed by atoms with Crippen LogP contribution in [0.3, 0.4) is 0 Å². The zero-order valence-corrected chi connectivity index (χ0v) is 24.4. The van der Waals surface area contributed by atoms with E-state index >= 15 is 0 Å². The molecule has 0 aliphatic heterocycles. The summed E-state index contributed by atoms with van der Waals surface area (Å²) in [5.74, 6) is -0.395. The van der Waals surface area contributed by atoms with Gasteiger partial charge >= 0.3 is 0 Å². The first-order valence-electron chi connectivity index (χ1n) is 12.2. The predicted octanol–water partition coefficient (Wildman–Crippen LogP) is 5.98. The molecule has 4 rings (SSSR count). The highest BCUT2D eigenvalue weighted by atomic mass is 35.5. The summed E-state index contributed by atoms with van der Waals surface area (Å²) in [5, 5.41) is 3.19. The molecule has 0 fully saturated rings. The number of nitrogens with zero attached hydrogens (tertiary/aromatic N) is 1. The number of benzene rings is 4. The van der Waals surface area contributed by atoms with Gasteiger partial charge in [-0.1, -0.05) is 41.9 Å². The minimum atomic E-state index is -3.87. The summed E-state index contributed by atoms with van der Waals surface area (Å²) < 4.78 is 54.4. The van der Waals surface area contributed by atoms with Gasteiger partial charge in [-0.2, -0.15) is 0 Å². The van der Waals surface area contributed by atoms with Crippen molar-refractivity contribution in [3.63, 3.8) is 0 Å². The molecule has 40 heavy (non-hydrogen) atoms. The standard InChI is InChI=1S/C29H28ClN3O5S2/c1-20-6-4-7-25(18-20)33(39(3,35)36)19-22-10-12-23(13-11-22)29(34)31-24-14-16-26(17-15-24)40(37,38)32-28-9-5-8-27(30)21(28)2/h4-18,32H,19H2,1-3H3,(H,31,34). The van der Waals surface area contributed by atoms with E-state index in [0.717, 1.165) is 11.8 Å². The summed E-state index contributed by atoms with van der Waals surface area (Å²) in [4.78, 5) is 12.8. The number of amides is 1. The number of anilines is 3. The van der Waals surface area contributed by atoms with Gasteiger partial charge in [-0.15, -0.1) is 0 Å². The number of carbonyl (C=O) groups excluding carboxylic acids is 1. The SMILES string of the molecule is Cc1cccc(N(Cc2ccc(C(=O)Nc3ccc(S(=O)(=O)Nc4cccc(Cl)c4C)cc3)cc2)S(C)(=O)=O)c1. The average molecular weight is 598 g/mol. The average Bonchev–Trinajstić information content (AvgIpc) is 2.90. The zero-order chi connectivity index (χ0) is 29.1. The van der Waals surface area contributed by atoms with E-state index in [9.17, 15) is 21.6 Å². The van der Waals surface area contributed by atoms with Gasteiger partial charge < -0.3 is 5.32 Å². The van der Waals surface area contributed by atoms with Crippen LogP contribution in [-0.4, -0.2) is 29.0 Å². The van der Waals surface area contributed by atoms with Crippen molar-refractivity contribution in [2.75, 3.05) is 20.6 Å². The molecule has 4 aromatic rings. The van der Waals surface area contributed by atoms with Crippen molar-refractivity contribution in [2.45, 2.75) is 25.3 Å². The Morgan fingerprint density at radius 3 is 2.12 bits per heavy atom. The molecule has 0 saturated heterocycles. The van der Waals surface area contributed by atoms with Gasteiger partial charge in [0.25, 0.3) is 15.9 Å². The Morgan fingerprint density at radius 2 is 1.50 bits per heavy atom. The van der Waals surface area contributed by atoms with Crippen LogP contribution >= 0.6 is 11.6 Å². The molecule has 0 radical (unpaired) electrons. The second-order valence-electron chi connectivity index (χ2n) is 9.30. The minimum absolute atomic E-state index is 0.0262. The second kappa shape index (κ2) is 11.7. The number of rotatable bonds is 9. The first kappa shape index (κ1) is 29.1. The van der Waals surface area contributed by atoms with Gasteiger partial charge in [-0.3, -0.25) is 13.8 Å². The van der Waals surface area contributed by atoms with E-state index in [0.29, 0.717) is 38.8 Å². The maximum Gasteiger partial charge on any atom is 0.261 e. The maximum atomic E-state index is 12.8. The van der Waals surface area contributed by atoms with E-state index in [1.807, 2.05) is 13.0 Å². The number of hydrogen-bond donors (Lipinski definition) is 2. The molecule has 8 nitrogen and oxygen atoms in total. The fourth-order valence-electron chi connectivity index (χ4n) is 3.95. The Labute approximate surface area is 239 Å². The van der Waals surface area contributed by atoms with Gasteiger partial charge in [0.1, 0.15) is 0 Å². The van der Waals surface area contributed by atoms with Gasteiger partial charge in [-0.05, 0) is 91.2 Å². The molecule has 0 heterocycles. The van der Waals surface area contributed by atoms with Crippen LogP contribution in [0.2, 0.25) is 5.02 Å². The van der Waals surface area contributed by atoms with Crippen LogP contribution < -0.4 is 14.3 Å². The molecule has 0 aliphatic carbocycles. The summed E-state index contributed by atoms with van der Waals surface area (Å²) >= 11 is 6.09. The maximum absolute atomic E-state index is 12.8. The molecular weight excluding hydrogens is 570 g/mol. The van der Waals surface area contributed by atoms with Crippen LogP contribution in [0.15, 0.2) is 95.9 Å². The molecule has 1 amide bonds. The number of halogens is 1. The Morgan fingerprint density at radius 1 is 0.850 bits per heavy atom. The molecule has 4 aromatic carbocycles. The quantitative estimate of drug-likeness (QED) is 0.247. The fraction of sp³-hybridized carbons (Fsp3) is 0.138. The Hall–Kier alpha value is -3.86. The first-order chi connectivity index (χ1) is 18.8. The molecule has 0 aliphatic rings. The minimum Gasteiger partial charge on any atom is -0.322 e. The topological polar surface area (TPSA) is 113 Å². The van der Waals surface area contributed by atoms with Crippen molar-refractivity contribution in [2.24, 2.45) is 0 Å². The van der Waals surface area contributed by atoms with E-state index in [1.165, 1.54) is 28.6 Å². The van der Waals surface area contributed by atoms with Gasteiger partial charge in [0.05, 0.1) is 29.1 Å². The van der Waals surface area contributed by atoms with Crippen LogP contribution in [0.4, 0.5) is 17.1 Å². The van der Waals surface area contributed by atoms with E-state index in [1.54, 1.807) is 67.6 Å². The lowest BCUT2D eigenvalue weighted by Gasteiger charge is -2.23. The lowest BCUT2D eigenvalue weighted by atomic mass is 10.1. The number of nitrogens with one attached hydrogen (secondary N) is 2. The van der Waals surface area contributed by atoms with E-state index in [-0.39, 0.29) is 11.4 Å². The van der Waals surface area contributed by atoms with Crippen LogP contribution in [0.5, 0.6) is 0 Å². The molecule has 0 aromatic heterocycles. The van der Waals surface area contributed by atoms with Crippen molar-refractivity contribution in [1.29, 1.82) is 0 Å². The normalized spacial score (nSPS) is 11.6. The van der Waals surface area contributed by atoms with Crippen molar-refractivity contribution < 1.29 is 21.6 Å². The summed E-state index contributed by atoms with van der Waals surface area (Å²) in [6, 6.07) is 24.6. The van der Waals surface area contributed by atoms with Crippen LogP contribution in [0.25, 0.3) is 0 Å². The Kier molecular flexibility index (Phi) is 8.53. The van der Waals surface area contributed by atoms with Crippen LogP contribution in [-0.2, 0) is 26.6 Å². The first-order valence-corrected chi connectivity index (χ1v) is 15.9. The Bertz CT molecular complexity index is 1760. The highest BCUT2D eigenvalue weighted by molar-refractivity contribution is 7.92. The summed E-state index contributed by atoms with van der Waals surface area (Å²) in [5.41, 5.74) is 3.98.